The summed E-state index contributed by atoms with van der Waals surface area (Å²) in [6.07, 6.45) is 1.16. The van der Waals surface area contributed by atoms with Gasteiger partial charge in [-0.3, -0.25) is 9.59 Å². The van der Waals surface area contributed by atoms with Crippen LogP contribution < -0.4 is 10.6 Å². The second-order valence-electron chi connectivity index (χ2n) is 5.04. The van der Waals surface area contributed by atoms with E-state index in [0.29, 0.717) is 25.9 Å². The number of amides is 2. The molecule has 2 unspecified atom stereocenters. The van der Waals surface area contributed by atoms with Gasteiger partial charge in [0.15, 0.2) is 0 Å². The molecule has 0 aliphatic carbocycles. The summed E-state index contributed by atoms with van der Waals surface area (Å²) in [5.74, 6) is -0.0351. The zero-order valence-electron chi connectivity index (χ0n) is 10.8. The van der Waals surface area contributed by atoms with E-state index < -0.39 is 0 Å². The predicted octanol–water partition coefficient (Wildman–Crippen LogP) is -1.04. The van der Waals surface area contributed by atoms with Gasteiger partial charge in [0.05, 0.1) is 18.6 Å². The summed E-state index contributed by atoms with van der Waals surface area (Å²) in [5, 5.41) is 5.63. The lowest BCUT2D eigenvalue weighted by Gasteiger charge is -2.30. The predicted molar refractivity (Wildman–Crippen MR) is 66.0 cm³/mol. The molecular formula is C12H21N3O3. The van der Waals surface area contributed by atoms with E-state index in [1.54, 1.807) is 0 Å². The Morgan fingerprint density at radius 1 is 1.61 bits per heavy atom. The van der Waals surface area contributed by atoms with Crippen LogP contribution in [-0.2, 0) is 14.3 Å². The summed E-state index contributed by atoms with van der Waals surface area (Å²) in [6, 6.07) is 0. The standard InChI is InChI=1S/C12H21N3O3/c1-15-4-5-18-10(8-15)7-14-12(17)9-2-3-11(16)13-6-9/h9-10H,2-8H2,1H3,(H,13,16)(H,14,17). The third kappa shape index (κ3) is 3.68. The highest BCUT2D eigenvalue weighted by Crippen LogP contribution is 2.11. The van der Waals surface area contributed by atoms with Crippen molar-refractivity contribution in [3.63, 3.8) is 0 Å². The Morgan fingerprint density at radius 3 is 3.11 bits per heavy atom. The van der Waals surface area contributed by atoms with E-state index in [4.69, 9.17) is 4.74 Å². The minimum atomic E-state index is -0.0935. The summed E-state index contributed by atoms with van der Waals surface area (Å²) < 4.78 is 5.58. The first-order valence-corrected chi connectivity index (χ1v) is 6.49. The molecule has 2 N–H and O–H groups in total. The topological polar surface area (TPSA) is 70.7 Å². The van der Waals surface area contributed by atoms with Crippen LogP contribution in [0.15, 0.2) is 0 Å². The number of piperidine rings is 1. The molecule has 18 heavy (non-hydrogen) atoms. The second-order valence-corrected chi connectivity index (χ2v) is 5.04. The molecule has 0 saturated carbocycles. The van der Waals surface area contributed by atoms with Gasteiger partial charge in [-0.1, -0.05) is 0 Å². The van der Waals surface area contributed by atoms with Crippen LogP contribution in [0, 0.1) is 5.92 Å². The van der Waals surface area contributed by atoms with E-state index in [1.807, 2.05) is 7.05 Å². The molecule has 2 heterocycles. The first-order chi connectivity index (χ1) is 8.65. The van der Waals surface area contributed by atoms with Crippen LogP contribution in [0.3, 0.4) is 0 Å². The zero-order valence-corrected chi connectivity index (χ0v) is 10.8. The number of carbonyl (C=O) groups excluding carboxylic acids is 2. The maximum Gasteiger partial charge on any atom is 0.224 e. The number of ether oxygens (including phenoxy) is 1. The van der Waals surface area contributed by atoms with Crippen LogP contribution in [0.4, 0.5) is 0 Å². The molecule has 2 amide bonds. The van der Waals surface area contributed by atoms with Crippen molar-refractivity contribution in [2.24, 2.45) is 5.92 Å². The molecule has 2 fully saturated rings. The molecule has 6 heteroatoms. The van der Waals surface area contributed by atoms with Gasteiger partial charge in [-0.2, -0.15) is 0 Å². The summed E-state index contributed by atoms with van der Waals surface area (Å²) >= 11 is 0. The fourth-order valence-electron chi connectivity index (χ4n) is 2.31. The number of rotatable bonds is 3. The van der Waals surface area contributed by atoms with Crippen molar-refractivity contribution in [3.8, 4) is 0 Å². The fraction of sp³-hybridized carbons (Fsp3) is 0.833. The number of likely N-dealkylation sites (N-methyl/N-ethyl adjacent to an activating group) is 1. The molecule has 0 aromatic rings. The average Bonchev–Trinajstić information content (AvgIpc) is 2.37. The molecule has 2 rings (SSSR count). The Morgan fingerprint density at radius 2 is 2.44 bits per heavy atom. The minimum Gasteiger partial charge on any atom is -0.374 e. The molecule has 2 aliphatic heterocycles. The Hall–Kier alpha value is -1.14. The summed E-state index contributed by atoms with van der Waals surface area (Å²) in [5.41, 5.74) is 0. The van der Waals surface area contributed by atoms with Crippen molar-refractivity contribution in [1.29, 1.82) is 0 Å². The van der Waals surface area contributed by atoms with Gasteiger partial charge in [-0.05, 0) is 13.5 Å². The molecule has 2 atom stereocenters. The SMILES string of the molecule is CN1CCOC(CNC(=O)C2CCC(=O)NC2)C1. The molecule has 0 aromatic carbocycles. The lowest BCUT2D eigenvalue weighted by Crippen LogP contribution is -2.48. The number of hydrogen-bond donors (Lipinski definition) is 2. The lowest BCUT2D eigenvalue weighted by molar-refractivity contribution is -0.129. The van der Waals surface area contributed by atoms with Crippen LogP contribution in [0.25, 0.3) is 0 Å². The maximum atomic E-state index is 11.9. The maximum absolute atomic E-state index is 11.9. The molecule has 0 radical (unpaired) electrons. The third-order valence-corrected chi connectivity index (χ3v) is 3.48. The number of nitrogens with one attached hydrogen (secondary N) is 2. The van der Waals surface area contributed by atoms with Gasteiger partial charge in [-0.25, -0.2) is 0 Å². The second kappa shape index (κ2) is 6.15. The molecule has 6 nitrogen and oxygen atoms in total. The molecule has 0 aromatic heterocycles. The van der Waals surface area contributed by atoms with Gasteiger partial charge < -0.3 is 20.3 Å². The van der Waals surface area contributed by atoms with Crippen molar-refractivity contribution >= 4 is 11.8 Å². The van der Waals surface area contributed by atoms with Crippen molar-refractivity contribution in [3.05, 3.63) is 0 Å². The Kier molecular flexibility index (Phi) is 4.54. The summed E-state index contributed by atoms with van der Waals surface area (Å²) in [7, 11) is 2.05. The Labute approximate surface area is 107 Å². The number of nitrogens with zero attached hydrogens (tertiary/aromatic N) is 1. The minimum absolute atomic E-state index is 0.0202. The van der Waals surface area contributed by atoms with E-state index >= 15 is 0 Å². The van der Waals surface area contributed by atoms with Crippen molar-refractivity contribution < 1.29 is 14.3 Å². The van der Waals surface area contributed by atoms with Crippen LogP contribution in [0.2, 0.25) is 0 Å². The van der Waals surface area contributed by atoms with E-state index in [-0.39, 0.29) is 23.8 Å². The first kappa shape index (κ1) is 13.3. The smallest absolute Gasteiger partial charge is 0.224 e. The largest absolute Gasteiger partial charge is 0.374 e. The Bertz CT molecular complexity index is 312. The molecule has 0 spiro atoms. The van der Waals surface area contributed by atoms with Crippen molar-refractivity contribution in [2.45, 2.75) is 18.9 Å². The van der Waals surface area contributed by atoms with Gasteiger partial charge in [0, 0.05) is 32.6 Å². The highest BCUT2D eigenvalue weighted by Gasteiger charge is 2.25. The highest BCUT2D eigenvalue weighted by molar-refractivity contribution is 5.83. The lowest BCUT2D eigenvalue weighted by atomic mass is 9.98. The van der Waals surface area contributed by atoms with E-state index in [0.717, 1.165) is 19.7 Å². The molecular weight excluding hydrogens is 234 g/mol. The fourth-order valence-corrected chi connectivity index (χ4v) is 2.31. The van der Waals surface area contributed by atoms with E-state index in [1.165, 1.54) is 0 Å². The molecule has 2 saturated heterocycles. The van der Waals surface area contributed by atoms with Crippen LogP contribution >= 0.6 is 0 Å². The van der Waals surface area contributed by atoms with Gasteiger partial charge in [0.25, 0.3) is 0 Å². The van der Waals surface area contributed by atoms with Crippen molar-refractivity contribution in [2.75, 3.05) is 39.8 Å². The third-order valence-electron chi connectivity index (χ3n) is 3.48. The summed E-state index contributed by atoms with van der Waals surface area (Å²) in [6.45, 7) is 3.51. The van der Waals surface area contributed by atoms with Crippen LogP contribution in [0.5, 0.6) is 0 Å². The van der Waals surface area contributed by atoms with Gasteiger partial charge >= 0.3 is 0 Å². The molecule has 102 valence electrons. The number of hydrogen-bond acceptors (Lipinski definition) is 4. The van der Waals surface area contributed by atoms with Gasteiger partial charge in [0.1, 0.15) is 0 Å². The monoisotopic (exact) mass is 255 g/mol. The van der Waals surface area contributed by atoms with Gasteiger partial charge in [-0.15, -0.1) is 0 Å². The molecule has 2 aliphatic rings. The van der Waals surface area contributed by atoms with Crippen LogP contribution in [0.1, 0.15) is 12.8 Å². The number of morpholine rings is 1. The van der Waals surface area contributed by atoms with E-state index in [9.17, 15) is 9.59 Å². The van der Waals surface area contributed by atoms with E-state index in [2.05, 4.69) is 15.5 Å². The van der Waals surface area contributed by atoms with Gasteiger partial charge in [0.2, 0.25) is 11.8 Å². The van der Waals surface area contributed by atoms with Crippen molar-refractivity contribution in [1.82, 2.24) is 15.5 Å². The number of carbonyl (C=O) groups is 2. The zero-order chi connectivity index (χ0) is 13.0. The normalized spacial score (nSPS) is 29.7. The molecule has 0 bridgehead atoms. The first-order valence-electron chi connectivity index (χ1n) is 6.49. The average molecular weight is 255 g/mol. The Balaban J connectivity index is 1.69. The highest BCUT2D eigenvalue weighted by atomic mass is 16.5. The van der Waals surface area contributed by atoms with Crippen LogP contribution in [-0.4, -0.2) is 62.7 Å². The quantitative estimate of drug-likeness (QED) is 0.676. The summed E-state index contributed by atoms with van der Waals surface area (Å²) in [4.78, 5) is 25.1.